The molecule has 102 valence electrons. The van der Waals surface area contributed by atoms with Crippen molar-refractivity contribution in [1.29, 1.82) is 0 Å². The van der Waals surface area contributed by atoms with Crippen LogP contribution >= 0.6 is 0 Å². The predicted octanol–water partition coefficient (Wildman–Crippen LogP) is 2.71. The van der Waals surface area contributed by atoms with Gasteiger partial charge in [-0.1, -0.05) is 19.1 Å². The van der Waals surface area contributed by atoms with Crippen molar-refractivity contribution in [2.24, 2.45) is 0 Å². The van der Waals surface area contributed by atoms with Crippen LogP contribution in [0.4, 0.5) is 8.78 Å². The molecule has 0 saturated heterocycles. The van der Waals surface area contributed by atoms with E-state index in [4.69, 9.17) is 5.11 Å². The lowest BCUT2D eigenvalue weighted by molar-refractivity contribution is -0.0498. The van der Waals surface area contributed by atoms with Crippen molar-refractivity contribution in [3.8, 4) is 5.75 Å². The highest BCUT2D eigenvalue weighted by molar-refractivity contribution is 5.29. The third kappa shape index (κ3) is 4.58. The molecule has 0 heterocycles. The highest BCUT2D eigenvalue weighted by atomic mass is 19.3. The molecule has 5 heteroatoms. The first-order chi connectivity index (χ1) is 8.56. The Labute approximate surface area is 106 Å². The number of hydrogen-bond acceptors (Lipinski definition) is 3. The number of alkyl halides is 2. The van der Waals surface area contributed by atoms with Crippen LogP contribution in [0.25, 0.3) is 0 Å². The molecule has 1 rings (SSSR count). The van der Waals surface area contributed by atoms with Crippen molar-refractivity contribution in [2.75, 3.05) is 6.61 Å². The number of benzene rings is 1. The lowest BCUT2D eigenvalue weighted by atomic mass is 10.1. The van der Waals surface area contributed by atoms with Gasteiger partial charge in [0.25, 0.3) is 0 Å². The lowest BCUT2D eigenvalue weighted by Gasteiger charge is -2.21. The Bertz CT molecular complexity index is 339. The molecule has 18 heavy (non-hydrogen) atoms. The maximum Gasteiger partial charge on any atom is 0.387 e. The Hall–Kier alpha value is -1.20. The molecule has 0 aliphatic heterocycles. The van der Waals surface area contributed by atoms with E-state index in [-0.39, 0.29) is 24.4 Å². The van der Waals surface area contributed by atoms with E-state index in [1.54, 1.807) is 12.1 Å². The van der Waals surface area contributed by atoms with Crippen LogP contribution in [0.15, 0.2) is 24.3 Å². The summed E-state index contributed by atoms with van der Waals surface area (Å²) in [4.78, 5) is 0. The molecular weight excluding hydrogens is 240 g/mol. The molecular formula is C13H19F2NO2. The van der Waals surface area contributed by atoms with Crippen LogP contribution < -0.4 is 10.1 Å². The van der Waals surface area contributed by atoms with Crippen LogP contribution in [0.2, 0.25) is 0 Å². The Morgan fingerprint density at radius 1 is 1.28 bits per heavy atom. The van der Waals surface area contributed by atoms with Gasteiger partial charge in [-0.25, -0.2) is 0 Å². The normalized spacial score (nSPS) is 14.6. The zero-order chi connectivity index (χ0) is 13.5. The Morgan fingerprint density at radius 3 is 2.33 bits per heavy atom. The molecule has 1 aromatic carbocycles. The van der Waals surface area contributed by atoms with Gasteiger partial charge in [-0.05, 0) is 31.0 Å². The molecule has 0 saturated carbocycles. The average molecular weight is 259 g/mol. The first-order valence-corrected chi connectivity index (χ1v) is 5.98. The van der Waals surface area contributed by atoms with Crippen molar-refractivity contribution in [3.05, 3.63) is 29.8 Å². The monoisotopic (exact) mass is 259 g/mol. The van der Waals surface area contributed by atoms with Gasteiger partial charge in [0, 0.05) is 12.1 Å². The molecule has 0 radical (unpaired) electrons. The molecule has 0 fully saturated rings. The summed E-state index contributed by atoms with van der Waals surface area (Å²) in [5, 5.41) is 12.4. The van der Waals surface area contributed by atoms with Crippen molar-refractivity contribution in [3.63, 3.8) is 0 Å². The number of ether oxygens (including phenoxy) is 1. The van der Waals surface area contributed by atoms with Crippen LogP contribution in [-0.4, -0.2) is 24.4 Å². The van der Waals surface area contributed by atoms with Crippen LogP contribution in [0.3, 0.4) is 0 Å². The topological polar surface area (TPSA) is 41.5 Å². The van der Waals surface area contributed by atoms with E-state index in [0.717, 1.165) is 12.0 Å². The van der Waals surface area contributed by atoms with E-state index < -0.39 is 6.61 Å². The van der Waals surface area contributed by atoms with E-state index in [2.05, 4.69) is 10.1 Å². The quantitative estimate of drug-likeness (QED) is 0.791. The minimum absolute atomic E-state index is 0.0389. The van der Waals surface area contributed by atoms with Gasteiger partial charge in [0.1, 0.15) is 5.75 Å². The highest BCUT2D eigenvalue weighted by Crippen LogP contribution is 2.19. The molecule has 0 bridgehead atoms. The maximum absolute atomic E-state index is 12.0. The fourth-order valence-corrected chi connectivity index (χ4v) is 1.69. The van der Waals surface area contributed by atoms with Crippen LogP contribution in [-0.2, 0) is 0 Å². The van der Waals surface area contributed by atoms with Crippen molar-refractivity contribution < 1.29 is 18.6 Å². The first-order valence-electron chi connectivity index (χ1n) is 5.98. The number of aliphatic hydroxyl groups excluding tert-OH is 1. The minimum Gasteiger partial charge on any atom is -0.435 e. The van der Waals surface area contributed by atoms with E-state index in [9.17, 15) is 8.78 Å². The molecule has 0 amide bonds. The summed E-state index contributed by atoms with van der Waals surface area (Å²) in [5.41, 5.74) is 0.962. The molecule has 1 aromatic rings. The predicted molar refractivity (Wildman–Crippen MR) is 65.8 cm³/mol. The smallest absolute Gasteiger partial charge is 0.387 e. The zero-order valence-electron chi connectivity index (χ0n) is 10.6. The van der Waals surface area contributed by atoms with Gasteiger partial charge in [0.05, 0.1) is 6.61 Å². The van der Waals surface area contributed by atoms with E-state index >= 15 is 0 Å². The van der Waals surface area contributed by atoms with Gasteiger partial charge in [-0.15, -0.1) is 0 Å². The lowest BCUT2D eigenvalue weighted by Crippen LogP contribution is -2.33. The summed E-state index contributed by atoms with van der Waals surface area (Å²) in [6.07, 6.45) is 0.827. The van der Waals surface area contributed by atoms with Crippen LogP contribution in [0.1, 0.15) is 31.9 Å². The molecule has 0 aliphatic carbocycles. The van der Waals surface area contributed by atoms with Gasteiger partial charge in [0.2, 0.25) is 0 Å². The van der Waals surface area contributed by atoms with Gasteiger partial charge in [0.15, 0.2) is 0 Å². The second-order valence-electron chi connectivity index (χ2n) is 4.12. The minimum atomic E-state index is -2.80. The van der Waals surface area contributed by atoms with Gasteiger partial charge in [-0.3, -0.25) is 0 Å². The summed E-state index contributed by atoms with van der Waals surface area (Å²) in [7, 11) is 0. The van der Waals surface area contributed by atoms with Gasteiger partial charge in [-0.2, -0.15) is 8.78 Å². The molecule has 2 N–H and O–H groups in total. The van der Waals surface area contributed by atoms with E-state index in [0.29, 0.717) is 0 Å². The number of halogens is 2. The molecule has 2 atom stereocenters. The van der Waals surface area contributed by atoms with Crippen molar-refractivity contribution >= 4 is 0 Å². The highest BCUT2D eigenvalue weighted by Gasteiger charge is 2.11. The van der Waals surface area contributed by atoms with E-state index in [1.165, 1.54) is 12.1 Å². The third-order valence-corrected chi connectivity index (χ3v) is 2.80. The Balaban J connectivity index is 2.61. The number of rotatable bonds is 7. The third-order valence-electron chi connectivity index (χ3n) is 2.80. The Morgan fingerprint density at radius 2 is 1.89 bits per heavy atom. The maximum atomic E-state index is 12.0. The van der Waals surface area contributed by atoms with Crippen LogP contribution in [0, 0.1) is 0 Å². The molecule has 0 spiro atoms. The molecule has 1 unspecified atom stereocenters. The first kappa shape index (κ1) is 14.9. The molecule has 3 nitrogen and oxygen atoms in total. The number of hydrogen-bond donors (Lipinski definition) is 2. The molecule has 0 aliphatic rings. The van der Waals surface area contributed by atoms with Crippen molar-refractivity contribution in [2.45, 2.75) is 39.0 Å². The largest absolute Gasteiger partial charge is 0.435 e. The second kappa shape index (κ2) is 7.28. The van der Waals surface area contributed by atoms with Crippen molar-refractivity contribution in [1.82, 2.24) is 5.32 Å². The number of nitrogens with one attached hydrogen (secondary N) is 1. The SMILES string of the molecule is CC[C@H](CO)NC(C)c1ccc(OC(F)F)cc1. The summed E-state index contributed by atoms with van der Waals surface area (Å²) < 4.78 is 28.2. The fraction of sp³-hybridized carbons (Fsp3) is 0.538. The number of aliphatic hydroxyl groups is 1. The second-order valence-corrected chi connectivity index (χ2v) is 4.12. The van der Waals surface area contributed by atoms with Gasteiger partial charge < -0.3 is 15.2 Å². The Kier molecular flexibility index (Phi) is 6.01. The summed E-state index contributed by atoms with van der Waals surface area (Å²) in [5.74, 6) is 0.148. The van der Waals surface area contributed by atoms with Gasteiger partial charge >= 0.3 is 6.61 Å². The van der Waals surface area contributed by atoms with E-state index in [1.807, 2.05) is 13.8 Å². The standard InChI is InChI=1S/C13H19F2NO2/c1-3-11(8-17)16-9(2)10-4-6-12(7-5-10)18-13(14)15/h4-7,9,11,13,16-17H,3,8H2,1-2H3/t9?,11-/m1/s1. The zero-order valence-corrected chi connectivity index (χ0v) is 10.6. The summed E-state index contributed by atoms with van der Waals surface area (Å²) >= 11 is 0. The molecule has 0 aromatic heterocycles. The summed E-state index contributed by atoms with van der Waals surface area (Å²) in [6.45, 7) is 1.22. The summed E-state index contributed by atoms with van der Waals surface area (Å²) in [6, 6.07) is 6.58. The fourth-order valence-electron chi connectivity index (χ4n) is 1.69. The average Bonchev–Trinajstić information content (AvgIpc) is 2.35. The van der Waals surface area contributed by atoms with Crippen LogP contribution in [0.5, 0.6) is 5.75 Å².